The smallest absolute Gasteiger partial charge is 0.335 e. The van der Waals surface area contributed by atoms with E-state index in [-0.39, 0.29) is 5.56 Å². The molecule has 0 radical (unpaired) electrons. The summed E-state index contributed by atoms with van der Waals surface area (Å²) in [4.78, 5) is 15.2. The number of carboxylic acids is 1. The van der Waals surface area contributed by atoms with Crippen LogP contribution in [0.25, 0.3) is 11.3 Å². The summed E-state index contributed by atoms with van der Waals surface area (Å²) in [6, 6.07) is 13.9. The van der Waals surface area contributed by atoms with Crippen LogP contribution in [0.1, 0.15) is 15.9 Å². The fourth-order valence-corrected chi connectivity index (χ4v) is 2.88. The van der Waals surface area contributed by atoms with Crippen molar-refractivity contribution in [3.05, 3.63) is 70.1 Å². The van der Waals surface area contributed by atoms with Crippen LogP contribution >= 0.6 is 22.9 Å². The number of benzene rings is 2. The number of thiazole rings is 1. The van der Waals surface area contributed by atoms with Crippen molar-refractivity contribution in [2.45, 2.75) is 0 Å². The molecule has 0 atom stereocenters. The maximum absolute atomic E-state index is 10.8. The zero-order valence-electron chi connectivity index (χ0n) is 12.3. The normalized spacial score (nSPS) is 10.9. The lowest BCUT2D eigenvalue weighted by molar-refractivity contribution is 0.0697. The van der Waals surface area contributed by atoms with Gasteiger partial charge < -0.3 is 5.11 Å². The van der Waals surface area contributed by atoms with E-state index >= 15 is 0 Å². The van der Waals surface area contributed by atoms with Gasteiger partial charge in [-0.3, -0.25) is 5.43 Å². The second-order valence-corrected chi connectivity index (χ2v) is 6.08. The number of nitrogens with zero attached hydrogens (tertiary/aromatic N) is 2. The largest absolute Gasteiger partial charge is 0.478 e. The molecule has 0 aliphatic rings. The van der Waals surface area contributed by atoms with Gasteiger partial charge in [-0.2, -0.15) is 5.10 Å². The van der Waals surface area contributed by atoms with E-state index in [1.807, 2.05) is 29.6 Å². The van der Waals surface area contributed by atoms with Crippen LogP contribution in [0.5, 0.6) is 0 Å². The molecule has 0 spiro atoms. The van der Waals surface area contributed by atoms with E-state index in [4.69, 9.17) is 16.7 Å². The van der Waals surface area contributed by atoms with E-state index < -0.39 is 5.97 Å². The Morgan fingerprint density at radius 2 is 1.96 bits per heavy atom. The van der Waals surface area contributed by atoms with Crippen molar-refractivity contribution in [2.24, 2.45) is 5.10 Å². The Morgan fingerprint density at radius 1 is 1.21 bits per heavy atom. The van der Waals surface area contributed by atoms with Crippen LogP contribution in [0.2, 0.25) is 5.02 Å². The molecule has 0 fully saturated rings. The van der Waals surface area contributed by atoms with Crippen molar-refractivity contribution in [3.8, 4) is 11.3 Å². The molecule has 5 nitrogen and oxygen atoms in total. The molecule has 0 aliphatic carbocycles. The number of carboxylic acid groups (broad SMARTS) is 1. The average Bonchev–Trinajstić information content (AvgIpc) is 3.04. The highest BCUT2D eigenvalue weighted by Gasteiger charge is 2.07. The lowest BCUT2D eigenvalue weighted by Gasteiger charge is -1.99. The summed E-state index contributed by atoms with van der Waals surface area (Å²) in [5.41, 5.74) is 5.54. The van der Waals surface area contributed by atoms with Crippen molar-refractivity contribution in [1.82, 2.24) is 4.98 Å². The Kier molecular flexibility index (Phi) is 4.88. The summed E-state index contributed by atoms with van der Waals surface area (Å²) in [7, 11) is 0. The zero-order chi connectivity index (χ0) is 16.9. The summed E-state index contributed by atoms with van der Waals surface area (Å²) in [6.07, 6.45) is 1.60. The van der Waals surface area contributed by atoms with Crippen molar-refractivity contribution in [1.29, 1.82) is 0 Å². The molecule has 1 heterocycles. The van der Waals surface area contributed by atoms with Gasteiger partial charge in [-0.15, -0.1) is 11.3 Å². The number of carbonyl (C=O) groups is 1. The first kappa shape index (κ1) is 16.2. The minimum atomic E-state index is -0.952. The van der Waals surface area contributed by atoms with Gasteiger partial charge in [0.15, 0.2) is 0 Å². The second kappa shape index (κ2) is 7.25. The fourth-order valence-electron chi connectivity index (χ4n) is 1.99. The molecule has 2 aromatic carbocycles. The van der Waals surface area contributed by atoms with Crippen LogP contribution in [0.4, 0.5) is 5.13 Å². The lowest BCUT2D eigenvalue weighted by Crippen LogP contribution is -1.96. The third-order valence-corrected chi connectivity index (χ3v) is 4.26. The molecule has 3 rings (SSSR count). The van der Waals surface area contributed by atoms with Gasteiger partial charge in [-0.05, 0) is 23.8 Å². The molecule has 0 saturated carbocycles. The van der Waals surface area contributed by atoms with Crippen molar-refractivity contribution in [3.63, 3.8) is 0 Å². The monoisotopic (exact) mass is 357 g/mol. The van der Waals surface area contributed by atoms with Crippen molar-refractivity contribution in [2.75, 3.05) is 5.43 Å². The number of anilines is 1. The average molecular weight is 358 g/mol. The third-order valence-electron chi connectivity index (χ3n) is 3.19. The Morgan fingerprint density at radius 3 is 2.67 bits per heavy atom. The van der Waals surface area contributed by atoms with Gasteiger partial charge in [0.05, 0.1) is 17.5 Å². The predicted octanol–water partition coefficient (Wildman–Crippen LogP) is 4.61. The van der Waals surface area contributed by atoms with Gasteiger partial charge in [0.1, 0.15) is 0 Å². The van der Waals surface area contributed by atoms with Crippen LogP contribution < -0.4 is 5.43 Å². The highest BCUT2D eigenvalue weighted by molar-refractivity contribution is 7.14. The molecule has 0 aliphatic heterocycles. The Balaban J connectivity index is 1.67. The summed E-state index contributed by atoms with van der Waals surface area (Å²) in [6.45, 7) is 0. The lowest BCUT2D eigenvalue weighted by atomic mass is 10.1. The molecular weight excluding hydrogens is 346 g/mol. The van der Waals surface area contributed by atoms with Gasteiger partial charge in [0.2, 0.25) is 5.13 Å². The standard InChI is InChI=1S/C17H12ClN3O2S/c18-14-4-2-1-3-13(14)15-10-24-17(20-15)21-19-9-11-5-7-12(8-6-11)16(22)23/h1-10H,(H,20,21)(H,22,23)/b19-9+. The fraction of sp³-hybridized carbons (Fsp3) is 0. The number of aromatic carboxylic acids is 1. The number of hydrogen-bond acceptors (Lipinski definition) is 5. The van der Waals surface area contributed by atoms with E-state index in [1.165, 1.54) is 23.5 Å². The predicted molar refractivity (Wildman–Crippen MR) is 97.2 cm³/mol. The van der Waals surface area contributed by atoms with E-state index in [0.717, 1.165) is 16.8 Å². The highest BCUT2D eigenvalue weighted by atomic mass is 35.5. The first-order valence-corrected chi connectivity index (χ1v) is 8.22. The molecule has 0 saturated heterocycles. The van der Waals surface area contributed by atoms with Gasteiger partial charge in [-0.1, -0.05) is 41.9 Å². The van der Waals surface area contributed by atoms with E-state index in [0.29, 0.717) is 10.2 Å². The first-order chi connectivity index (χ1) is 11.6. The molecular formula is C17H12ClN3O2S. The molecule has 0 unspecified atom stereocenters. The van der Waals surface area contributed by atoms with Gasteiger partial charge in [0.25, 0.3) is 0 Å². The van der Waals surface area contributed by atoms with E-state index in [1.54, 1.807) is 18.3 Å². The third kappa shape index (κ3) is 3.79. The number of hydrogen-bond donors (Lipinski definition) is 2. The summed E-state index contributed by atoms with van der Waals surface area (Å²) in [5.74, 6) is -0.952. The van der Waals surface area contributed by atoms with Crippen LogP contribution in [0, 0.1) is 0 Å². The number of aromatic nitrogens is 1. The molecule has 120 valence electrons. The Bertz CT molecular complexity index is 891. The van der Waals surface area contributed by atoms with Gasteiger partial charge in [0, 0.05) is 16.0 Å². The molecule has 24 heavy (non-hydrogen) atoms. The highest BCUT2D eigenvalue weighted by Crippen LogP contribution is 2.30. The van der Waals surface area contributed by atoms with Gasteiger partial charge >= 0.3 is 5.97 Å². The topological polar surface area (TPSA) is 74.6 Å². The summed E-state index contributed by atoms with van der Waals surface area (Å²) < 4.78 is 0. The quantitative estimate of drug-likeness (QED) is 0.516. The first-order valence-electron chi connectivity index (χ1n) is 6.96. The second-order valence-electron chi connectivity index (χ2n) is 4.81. The van der Waals surface area contributed by atoms with Crippen molar-refractivity contribution < 1.29 is 9.90 Å². The summed E-state index contributed by atoms with van der Waals surface area (Å²) >= 11 is 7.58. The van der Waals surface area contributed by atoms with Crippen LogP contribution in [-0.2, 0) is 0 Å². The number of nitrogens with one attached hydrogen (secondary N) is 1. The molecule has 2 N–H and O–H groups in total. The molecule has 0 amide bonds. The summed E-state index contributed by atoms with van der Waals surface area (Å²) in [5, 5.41) is 16.2. The molecule has 7 heteroatoms. The number of hydrazone groups is 1. The SMILES string of the molecule is O=C(O)c1ccc(/C=N/Nc2nc(-c3ccccc3Cl)cs2)cc1. The minimum Gasteiger partial charge on any atom is -0.478 e. The minimum absolute atomic E-state index is 0.240. The molecule has 1 aromatic heterocycles. The van der Waals surface area contributed by atoms with E-state index in [9.17, 15) is 4.79 Å². The molecule has 3 aromatic rings. The van der Waals surface area contributed by atoms with Crippen LogP contribution in [-0.4, -0.2) is 22.3 Å². The maximum Gasteiger partial charge on any atom is 0.335 e. The maximum atomic E-state index is 10.8. The number of halogens is 1. The van der Waals surface area contributed by atoms with Crippen LogP contribution in [0.3, 0.4) is 0 Å². The van der Waals surface area contributed by atoms with Crippen LogP contribution in [0.15, 0.2) is 59.0 Å². The molecule has 0 bridgehead atoms. The van der Waals surface area contributed by atoms with Gasteiger partial charge in [-0.25, -0.2) is 9.78 Å². The zero-order valence-corrected chi connectivity index (χ0v) is 13.9. The Hall–Kier alpha value is -2.70. The Labute approximate surface area is 147 Å². The van der Waals surface area contributed by atoms with E-state index in [2.05, 4.69) is 15.5 Å². The van der Waals surface area contributed by atoms with Crippen molar-refractivity contribution >= 4 is 40.3 Å². The number of rotatable bonds is 5.